The zero-order chi connectivity index (χ0) is 24.3. The molecule has 2 heterocycles. The van der Waals surface area contributed by atoms with Gasteiger partial charge in [-0.25, -0.2) is 0 Å². The topological polar surface area (TPSA) is 67.7 Å². The van der Waals surface area contributed by atoms with Crippen LogP contribution >= 0.6 is 11.6 Å². The molecule has 2 aromatic carbocycles. The third-order valence-electron chi connectivity index (χ3n) is 5.42. The minimum atomic E-state index is -4.43. The second-order valence-corrected chi connectivity index (χ2v) is 7.95. The molecule has 34 heavy (non-hydrogen) atoms. The number of rotatable bonds is 5. The highest BCUT2D eigenvalue weighted by Crippen LogP contribution is 2.30. The smallest absolute Gasteiger partial charge is 0.416 e. The van der Waals surface area contributed by atoms with Crippen molar-refractivity contribution in [3.63, 3.8) is 0 Å². The van der Waals surface area contributed by atoms with E-state index in [1.54, 1.807) is 29.2 Å². The van der Waals surface area contributed by atoms with Gasteiger partial charge in [0.1, 0.15) is 10.8 Å². The van der Waals surface area contributed by atoms with Gasteiger partial charge in [-0.2, -0.15) is 23.0 Å². The summed E-state index contributed by atoms with van der Waals surface area (Å²) in [6.07, 6.45) is -2.90. The lowest BCUT2D eigenvalue weighted by atomic mass is 10.2. The summed E-state index contributed by atoms with van der Waals surface area (Å²) in [5.41, 5.74) is -0.128. The van der Waals surface area contributed by atoms with E-state index in [0.717, 1.165) is 12.1 Å². The van der Waals surface area contributed by atoms with E-state index in [1.165, 1.54) is 23.0 Å². The Balaban J connectivity index is 1.34. The molecule has 0 unspecified atom stereocenters. The molecule has 0 atom stereocenters. The van der Waals surface area contributed by atoms with Crippen LogP contribution in [0.5, 0.6) is 5.75 Å². The second kappa shape index (κ2) is 9.76. The van der Waals surface area contributed by atoms with Crippen LogP contribution in [0.1, 0.15) is 5.56 Å². The van der Waals surface area contributed by atoms with Crippen molar-refractivity contribution < 1.29 is 22.7 Å². The number of anilines is 1. The molecule has 0 N–H and O–H groups in total. The van der Waals surface area contributed by atoms with Crippen molar-refractivity contribution in [2.75, 3.05) is 37.7 Å². The molecule has 1 saturated heterocycles. The summed E-state index contributed by atoms with van der Waals surface area (Å²) < 4.78 is 44.5. The number of alkyl halides is 3. The predicted octanol–water partition coefficient (Wildman–Crippen LogP) is 3.63. The van der Waals surface area contributed by atoms with E-state index in [4.69, 9.17) is 16.3 Å². The first kappa shape index (κ1) is 23.6. The summed E-state index contributed by atoms with van der Waals surface area (Å²) in [6.45, 7) is 1.31. The van der Waals surface area contributed by atoms with E-state index < -0.39 is 17.3 Å². The predicted molar refractivity (Wildman–Crippen MR) is 121 cm³/mol. The van der Waals surface area contributed by atoms with E-state index in [-0.39, 0.29) is 23.3 Å². The molecular weight excluding hydrogens is 473 g/mol. The van der Waals surface area contributed by atoms with Crippen LogP contribution in [0.4, 0.5) is 18.9 Å². The number of aromatic nitrogens is 2. The Morgan fingerprint density at radius 2 is 1.65 bits per heavy atom. The fourth-order valence-electron chi connectivity index (χ4n) is 3.57. The number of hydrogen-bond acceptors (Lipinski definition) is 5. The van der Waals surface area contributed by atoms with Gasteiger partial charge in [-0.05, 0) is 36.4 Å². The van der Waals surface area contributed by atoms with Gasteiger partial charge in [-0.3, -0.25) is 9.59 Å². The normalized spacial score (nSPS) is 14.2. The molecule has 1 fully saturated rings. The average Bonchev–Trinajstić information content (AvgIpc) is 2.84. The Labute approximate surface area is 197 Å². The molecule has 178 valence electrons. The number of amides is 1. The molecular formula is C23H20ClF3N4O3. The molecule has 0 saturated carbocycles. The van der Waals surface area contributed by atoms with Crippen LogP contribution in [0, 0.1) is 0 Å². The van der Waals surface area contributed by atoms with Crippen molar-refractivity contribution >= 4 is 23.2 Å². The van der Waals surface area contributed by atoms with E-state index in [9.17, 15) is 22.8 Å². The highest BCUT2D eigenvalue weighted by molar-refractivity contribution is 6.33. The van der Waals surface area contributed by atoms with Crippen LogP contribution in [0.25, 0.3) is 5.69 Å². The number of benzene rings is 2. The van der Waals surface area contributed by atoms with Crippen LogP contribution in [-0.4, -0.2) is 53.4 Å². The maximum atomic E-state index is 12.7. The summed E-state index contributed by atoms with van der Waals surface area (Å²) in [5, 5.41) is 4.28. The number of carbonyl (C=O) groups excluding carboxylic acids is 1. The zero-order valence-corrected chi connectivity index (χ0v) is 18.6. The molecule has 4 rings (SSSR count). The van der Waals surface area contributed by atoms with Crippen molar-refractivity contribution in [2.24, 2.45) is 0 Å². The minimum absolute atomic E-state index is 0.0456. The fourth-order valence-corrected chi connectivity index (χ4v) is 3.82. The summed E-state index contributed by atoms with van der Waals surface area (Å²) in [4.78, 5) is 28.6. The van der Waals surface area contributed by atoms with Gasteiger partial charge in [-0.15, -0.1) is 0 Å². The third kappa shape index (κ3) is 5.17. The molecule has 0 bridgehead atoms. The van der Waals surface area contributed by atoms with Gasteiger partial charge in [0.15, 0.2) is 6.61 Å². The highest BCUT2D eigenvalue weighted by Gasteiger charge is 2.30. The monoisotopic (exact) mass is 492 g/mol. The van der Waals surface area contributed by atoms with Crippen molar-refractivity contribution in [3.05, 3.63) is 81.7 Å². The highest BCUT2D eigenvalue weighted by atomic mass is 35.5. The lowest BCUT2D eigenvalue weighted by Gasteiger charge is -2.36. The molecule has 7 nitrogen and oxygen atoms in total. The number of halogens is 4. The first-order valence-electron chi connectivity index (χ1n) is 10.4. The van der Waals surface area contributed by atoms with Crippen LogP contribution in [-0.2, 0) is 11.0 Å². The van der Waals surface area contributed by atoms with Gasteiger partial charge < -0.3 is 14.5 Å². The molecule has 3 aromatic rings. The number of nitrogens with zero attached hydrogens (tertiary/aromatic N) is 4. The number of piperazine rings is 1. The maximum Gasteiger partial charge on any atom is 0.416 e. The molecule has 0 spiro atoms. The second-order valence-electron chi connectivity index (χ2n) is 7.57. The summed E-state index contributed by atoms with van der Waals surface area (Å²) in [7, 11) is 0. The summed E-state index contributed by atoms with van der Waals surface area (Å²) in [6, 6.07) is 13.1. The fraction of sp³-hybridized carbons (Fsp3) is 0.261. The average molecular weight is 493 g/mol. The molecule has 1 aliphatic rings. The van der Waals surface area contributed by atoms with Crippen molar-refractivity contribution in [1.82, 2.24) is 14.7 Å². The van der Waals surface area contributed by atoms with E-state index in [2.05, 4.69) is 5.10 Å². The van der Waals surface area contributed by atoms with Gasteiger partial charge in [0.2, 0.25) is 0 Å². The molecule has 1 aromatic heterocycles. The zero-order valence-electron chi connectivity index (χ0n) is 17.8. The number of para-hydroxylation sites is 1. The van der Waals surface area contributed by atoms with E-state index in [1.807, 2.05) is 11.0 Å². The Morgan fingerprint density at radius 1 is 1.00 bits per heavy atom. The Bertz CT molecular complexity index is 1210. The number of ether oxygens (including phenoxy) is 1. The molecule has 0 radical (unpaired) electrons. The number of hydrogen-bond donors (Lipinski definition) is 0. The largest absolute Gasteiger partial charge is 0.484 e. The Hall–Kier alpha value is -3.53. The van der Waals surface area contributed by atoms with Gasteiger partial charge in [0.05, 0.1) is 23.1 Å². The standard InChI is InChI=1S/C23H20ClF3N4O3/c24-21-19(14-28-31(22(21)33)17-4-2-1-3-5-17)29-10-12-30(13-11-29)20(32)15-34-18-8-6-16(7-9-18)23(25,26)27/h1-9,14H,10-13,15H2. The molecule has 1 aliphatic heterocycles. The molecule has 1 amide bonds. The van der Waals surface area contributed by atoms with Gasteiger partial charge in [0.25, 0.3) is 11.5 Å². The summed E-state index contributed by atoms with van der Waals surface area (Å²) >= 11 is 6.35. The lowest BCUT2D eigenvalue weighted by Crippen LogP contribution is -2.50. The van der Waals surface area contributed by atoms with Gasteiger partial charge in [0, 0.05) is 26.2 Å². The molecule has 0 aliphatic carbocycles. The Morgan fingerprint density at radius 3 is 2.26 bits per heavy atom. The SMILES string of the molecule is O=C(COc1ccc(C(F)(F)F)cc1)N1CCN(c2cnn(-c3ccccc3)c(=O)c2Cl)CC1. The first-order chi connectivity index (χ1) is 16.2. The van der Waals surface area contributed by atoms with Gasteiger partial charge in [-0.1, -0.05) is 29.8 Å². The van der Waals surface area contributed by atoms with Gasteiger partial charge >= 0.3 is 6.18 Å². The quantitative estimate of drug-likeness (QED) is 0.544. The number of carbonyl (C=O) groups is 1. The van der Waals surface area contributed by atoms with Crippen LogP contribution < -0.4 is 15.2 Å². The Kier molecular flexibility index (Phi) is 6.78. The maximum absolute atomic E-state index is 12.7. The van der Waals surface area contributed by atoms with Crippen molar-refractivity contribution in [1.29, 1.82) is 0 Å². The van der Waals surface area contributed by atoms with Crippen molar-refractivity contribution in [2.45, 2.75) is 6.18 Å². The first-order valence-corrected chi connectivity index (χ1v) is 10.8. The third-order valence-corrected chi connectivity index (χ3v) is 5.77. The van der Waals surface area contributed by atoms with Crippen molar-refractivity contribution in [3.8, 4) is 11.4 Å². The van der Waals surface area contributed by atoms with E-state index >= 15 is 0 Å². The van der Waals surface area contributed by atoms with Crippen LogP contribution in [0.3, 0.4) is 0 Å². The molecule has 11 heteroatoms. The lowest BCUT2D eigenvalue weighted by molar-refractivity contribution is -0.137. The minimum Gasteiger partial charge on any atom is -0.484 e. The van der Waals surface area contributed by atoms with Crippen LogP contribution in [0.15, 0.2) is 65.6 Å². The van der Waals surface area contributed by atoms with E-state index in [0.29, 0.717) is 37.6 Å². The van der Waals surface area contributed by atoms with Crippen LogP contribution in [0.2, 0.25) is 5.02 Å². The summed E-state index contributed by atoms with van der Waals surface area (Å²) in [5.74, 6) is -0.111.